The molecule has 2 saturated heterocycles. The van der Waals surface area contributed by atoms with E-state index in [2.05, 4.69) is 37.0 Å². The lowest BCUT2D eigenvalue weighted by Crippen LogP contribution is -2.42. The summed E-state index contributed by atoms with van der Waals surface area (Å²) in [5.41, 5.74) is 1.35. The summed E-state index contributed by atoms with van der Waals surface area (Å²) in [6.45, 7) is 4.13. The number of amides is 1. The maximum atomic E-state index is 12.7. The third kappa shape index (κ3) is 3.33. The summed E-state index contributed by atoms with van der Waals surface area (Å²) in [5, 5.41) is 7.18. The fourth-order valence-electron chi connectivity index (χ4n) is 3.71. The average molecular weight is 344 g/mol. The molecule has 2 fully saturated rings. The van der Waals surface area contributed by atoms with Crippen LogP contribution in [0.15, 0.2) is 35.4 Å². The zero-order valence-corrected chi connectivity index (χ0v) is 14.1. The van der Waals surface area contributed by atoms with Crippen LogP contribution in [0.3, 0.4) is 0 Å². The van der Waals surface area contributed by atoms with Crippen molar-refractivity contribution in [1.29, 1.82) is 0 Å². The number of anilines is 1. The van der Waals surface area contributed by atoms with Gasteiger partial charge in [-0.1, -0.05) is 0 Å². The summed E-state index contributed by atoms with van der Waals surface area (Å²) in [7, 11) is 0. The normalized spacial score (nSPS) is 26.9. The molecule has 1 N–H and O–H groups in total. The van der Waals surface area contributed by atoms with Gasteiger partial charge in [0, 0.05) is 32.0 Å². The second-order valence-electron chi connectivity index (χ2n) is 6.47. The molecule has 3 atom stereocenters. The van der Waals surface area contributed by atoms with Gasteiger partial charge in [0.1, 0.15) is 0 Å². The number of thiophene rings is 1. The quantitative estimate of drug-likeness (QED) is 0.917. The number of hydrogen-bond acceptors (Lipinski definition) is 6. The lowest BCUT2D eigenvalue weighted by molar-refractivity contribution is -0.128. The Balaban J connectivity index is 1.42. The fraction of sp³-hybridized carbons (Fsp3) is 0.471. The van der Waals surface area contributed by atoms with E-state index in [0.29, 0.717) is 24.3 Å². The summed E-state index contributed by atoms with van der Waals surface area (Å²) in [4.78, 5) is 23.2. The van der Waals surface area contributed by atoms with Crippen molar-refractivity contribution in [1.82, 2.24) is 14.9 Å². The van der Waals surface area contributed by atoms with E-state index < -0.39 is 0 Å². The first-order chi connectivity index (χ1) is 11.8. The van der Waals surface area contributed by atoms with Crippen molar-refractivity contribution in [2.24, 2.45) is 17.8 Å². The van der Waals surface area contributed by atoms with Crippen LogP contribution in [0.1, 0.15) is 5.56 Å². The molecule has 2 aromatic rings. The molecule has 0 aromatic carbocycles. The van der Waals surface area contributed by atoms with Crippen molar-refractivity contribution in [2.75, 3.05) is 31.6 Å². The molecule has 0 saturated carbocycles. The highest BCUT2D eigenvalue weighted by molar-refractivity contribution is 7.07. The van der Waals surface area contributed by atoms with Crippen molar-refractivity contribution in [3.63, 3.8) is 0 Å². The first kappa shape index (κ1) is 15.7. The smallest absolute Gasteiger partial charge is 0.231 e. The van der Waals surface area contributed by atoms with Gasteiger partial charge in [0.05, 0.1) is 25.3 Å². The summed E-state index contributed by atoms with van der Waals surface area (Å²) < 4.78 is 5.72. The van der Waals surface area contributed by atoms with Crippen LogP contribution in [0.25, 0.3) is 0 Å². The van der Waals surface area contributed by atoms with Crippen molar-refractivity contribution in [3.8, 4) is 0 Å². The van der Waals surface area contributed by atoms with E-state index in [-0.39, 0.29) is 11.8 Å². The lowest BCUT2D eigenvalue weighted by Gasteiger charge is -2.31. The molecule has 24 heavy (non-hydrogen) atoms. The molecule has 126 valence electrons. The molecule has 1 amide bonds. The minimum Gasteiger partial charge on any atom is -0.380 e. The molecule has 0 radical (unpaired) electrons. The van der Waals surface area contributed by atoms with Crippen molar-refractivity contribution in [2.45, 2.75) is 6.54 Å². The van der Waals surface area contributed by atoms with Gasteiger partial charge in [0.15, 0.2) is 5.82 Å². The summed E-state index contributed by atoms with van der Waals surface area (Å²) >= 11 is 1.73. The number of aromatic nitrogens is 2. The highest BCUT2D eigenvalue weighted by atomic mass is 32.1. The Morgan fingerprint density at radius 1 is 1.38 bits per heavy atom. The zero-order valence-electron chi connectivity index (χ0n) is 13.3. The summed E-state index contributed by atoms with van der Waals surface area (Å²) in [5.74, 6) is 1.13. The Bertz CT molecular complexity index is 679. The number of nitrogens with one attached hydrogen (secondary N) is 1. The van der Waals surface area contributed by atoms with Crippen LogP contribution in [0, 0.1) is 17.8 Å². The predicted octanol–water partition coefficient (Wildman–Crippen LogP) is 1.87. The fourth-order valence-corrected chi connectivity index (χ4v) is 4.37. The Morgan fingerprint density at radius 3 is 3.12 bits per heavy atom. The van der Waals surface area contributed by atoms with Gasteiger partial charge in [0.2, 0.25) is 5.91 Å². The monoisotopic (exact) mass is 344 g/mol. The van der Waals surface area contributed by atoms with Crippen LogP contribution in [0.2, 0.25) is 0 Å². The molecule has 0 aliphatic carbocycles. The molecule has 2 aliphatic rings. The first-order valence-corrected chi connectivity index (χ1v) is 9.12. The molecular weight excluding hydrogens is 324 g/mol. The third-order valence-corrected chi connectivity index (χ3v) is 5.58. The minimum absolute atomic E-state index is 0.0115. The predicted molar refractivity (Wildman–Crippen MR) is 91.5 cm³/mol. The summed E-state index contributed by atoms with van der Waals surface area (Å²) in [6, 6.07) is 2.17. The van der Waals surface area contributed by atoms with Crippen LogP contribution in [0.5, 0.6) is 0 Å². The Morgan fingerprint density at radius 2 is 2.33 bits per heavy atom. The van der Waals surface area contributed by atoms with Crippen LogP contribution in [-0.4, -0.2) is 47.1 Å². The Labute approximate surface area is 144 Å². The molecule has 4 heterocycles. The number of nitrogens with zero attached hydrogens (tertiary/aromatic N) is 3. The molecule has 0 bridgehead atoms. The van der Waals surface area contributed by atoms with E-state index in [0.717, 1.165) is 26.2 Å². The van der Waals surface area contributed by atoms with Crippen molar-refractivity contribution < 1.29 is 9.53 Å². The average Bonchev–Trinajstić information content (AvgIpc) is 3.24. The second-order valence-corrected chi connectivity index (χ2v) is 7.25. The van der Waals surface area contributed by atoms with Crippen molar-refractivity contribution >= 4 is 23.1 Å². The topological polar surface area (TPSA) is 67.3 Å². The molecule has 0 unspecified atom stereocenters. The molecular formula is C17H20N4O2S. The van der Waals surface area contributed by atoms with Gasteiger partial charge in [-0.3, -0.25) is 14.7 Å². The number of rotatable bonds is 4. The van der Waals surface area contributed by atoms with Gasteiger partial charge in [-0.2, -0.15) is 11.3 Å². The molecule has 0 spiro atoms. The van der Waals surface area contributed by atoms with Crippen LogP contribution in [0.4, 0.5) is 5.82 Å². The SMILES string of the molecule is O=C(Nc1cnccn1)[C@H]1COC[C@H]2CN(Cc3ccsc3)C[C@H]21. The highest BCUT2D eigenvalue weighted by Crippen LogP contribution is 2.35. The van der Waals surface area contributed by atoms with Crippen LogP contribution >= 0.6 is 11.3 Å². The number of hydrogen-bond donors (Lipinski definition) is 1. The molecule has 2 aliphatic heterocycles. The zero-order chi connectivity index (χ0) is 16.4. The largest absolute Gasteiger partial charge is 0.380 e. The van der Waals surface area contributed by atoms with E-state index in [9.17, 15) is 4.79 Å². The maximum Gasteiger partial charge on any atom is 0.231 e. The minimum atomic E-state index is -0.127. The molecule has 2 aromatic heterocycles. The van der Waals surface area contributed by atoms with E-state index in [1.54, 1.807) is 29.9 Å². The second kappa shape index (κ2) is 6.96. The Hall–Kier alpha value is -1.83. The highest BCUT2D eigenvalue weighted by Gasteiger charge is 2.43. The van der Waals surface area contributed by atoms with Gasteiger partial charge >= 0.3 is 0 Å². The van der Waals surface area contributed by atoms with Crippen molar-refractivity contribution in [3.05, 3.63) is 41.0 Å². The van der Waals surface area contributed by atoms with Gasteiger partial charge in [-0.25, -0.2) is 4.98 Å². The van der Waals surface area contributed by atoms with E-state index in [1.807, 2.05) is 0 Å². The van der Waals surface area contributed by atoms with Crippen LogP contribution in [-0.2, 0) is 16.1 Å². The summed E-state index contributed by atoms with van der Waals surface area (Å²) in [6.07, 6.45) is 4.74. The number of fused-ring (bicyclic) bond motifs is 1. The number of carbonyl (C=O) groups excluding carboxylic acids is 1. The van der Waals surface area contributed by atoms with E-state index >= 15 is 0 Å². The lowest BCUT2D eigenvalue weighted by atomic mass is 9.82. The molecule has 4 rings (SSSR count). The standard InChI is InChI=1S/C17H20N4O2S/c22-17(20-16-5-18-2-3-19-16)15-10-23-9-13-7-21(8-14(13)15)6-12-1-4-24-11-12/h1-5,11,13-15H,6-10H2,(H,19,20,22)/t13-,14-,15+/m1/s1. The third-order valence-electron chi connectivity index (χ3n) is 4.85. The van der Waals surface area contributed by atoms with Gasteiger partial charge in [-0.15, -0.1) is 0 Å². The number of likely N-dealkylation sites (tertiary alicyclic amines) is 1. The maximum absolute atomic E-state index is 12.7. The molecule has 6 nitrogen and oxygen atoms in total. The first-order valence-electron chi connectivity index (χ1n) is 8.17. The van der Waals surface area contributed by atoms with Gasteiger partial charge in [0.25, 0.3) is 0 Å². The van der Waals surface area contributed by atoms with E-state index in [1.165, 1.54) is 5.56 Å². The number of carbonyl (C=O) groups is 1. The Kier molecular flexibility index (Phi) is 4.55. The van der Waals surface area contributed by atoms with Gasteiger partial charge < -0.3 is 10.1 Å². The van der Waals surface area contributed by atoms with Gasteiger partial charge in [-0.05, 0) is 34.2 Å². The van der Waals surface area contributed by atoms with Crippen LogP contribution < -0.4 is 5.32 Å². The van der Waals surface area contributed by atoms with E-state index in [4.69, 9.17) is 4.74 Å². The molecule has 7 heteroatoms. The number of ether oxygens (including phenoxy) is 1.